The normalized spacial score (nSPS) is 11.6. The number of carbonyl (C=O) groups is 1. The summed E-state index contributed by atoms with van der Waals surface area (Å²) in [6.45, 7) is 1.89. The van der Waals surface area contributed by atoms with Gasteiger partial charge in [0.2, 0.25) is 5.91 Å². The number of halogens is 3. The summed E-state index contributed by atoms with van der Waals surface area (Å²) in [7, 11) is 0. The highest BCUT2D eigenvalue weighted by molar-refractivity contribution is 5.93. The molecule has 6 nitrogen and oxygen atoms in total. The maximum absolute atomic E-state index is 12.5. The van der Waals surface area contributed by atoms with E-state index in [1.165, 1.54) is 27.3 Å². The molecule has 0 radical (unpaired) electrons. The van der Waals surface area contributed by atoms with Crippen LogP contribution in [0.2, 0.25) is 0 Å². The van der Waals surface area contributed by atoms with E-state index in [1.54, 1.807) is 24.3 Å². The van der Waals surface area contributed by atoms with E-state index in [9.17, 15) is 22.8 Å². The molecular weight excluding hydrogens is 363 g/mol. The zero-order valence-corrected chi connectivity index (χ0v) is 14.3. The Labute approximate surface area is 151 Å². The van der Waals surface area contributed by atoms with Gasteiger partial charge in [-0.15, -0.1) is 13.2 Å². The zero-order chi connectivity index (χ0) is 19.6. The Morgan fingerprint density at radius 2 is 1.63 bits per heavy atom. The Bertz CT molecular complexity index is 1040. The molecule has 0 saturated carbocycles. The highest BCUT2D eigenvalue weighted by atomic mass is 19.4. The topological polar surface area (TPSA) is 65.3 Å². The Balaban J connectivity index is 1.87. The molecule has 3 rings (SSSR count). The fourth-order valence-electron chi connectivity index (χ4n) is 2.85. The molecule has 3 aromatic rings. The van der Waals surface area contributed by atoms with Crippen LogP contribution in [0.1, 0.15) is 6.92 Å². The van der Waals surface area contributed by atoms with Crippen molar-refractivity contribution >= 4 is 22.6 Å². The largest absolute Gasteiger partial charge is 0.573 e. The number of aromatic nitrogens is 2. The van der Waals surface area contributed by atoms with Crippen molar-refractivity contribution in [2.24, 2.45) is 0 Å². The van der Waals surface area contributed by atoms with Crippen molar-refractivity contribution in [1.29, 1.82) is 0 Å². The highest BCUT2D eigenvalue weighted by Crippen LogP contribution is 2.29. The van der Waals surface area contributed by atoms with Crippen LogP contribution in [0.4, 0.5) is 18.9 Å². The molecule has 2 aromatic carbocycles. The summed E-state index contributed by atoms with van der Waals surface area (Å²) < 4.78 is 44.2. The van der Waals surface area contributed by atoms with Gasteiger partial charge >= 0.3 is 12.1 Å². The third-order valence-electron chi connectivity index (χ3n) is 3.93. The van der Waals surface area contributed by atoms with E-state index in [4.69, 9.17) is 0 Å². The number of nitrogens with one attached hydrogen (secondary N) is 1. The van der Waals surface area contributed by atoms with Gasteiger partial charge in [0, 0.05) is 6.54 Å². The molecule has 142 valence electrons. The fraction of sp³-hybridized carbons (Fsp3) is 0.222. The van der Waals surface area contributed by atoms with Gasteiger partial charge in [-0.1, -0.05) is 24.3 Å². The molecule has 27 heavy (non-hydrogen) atoms. The van der Waals surface area contributed by atoms with Gasteiger partial charge in [0.25, 0.3) is 0 Å². The number of hydrogen-bond acceptors (Lipinski definition) is 3. The van der Waals surface area contributed by atoms with Crippen LogP contribution >= 0.6 is 0 Å². The minimum absolute atomic E-state index is 0.132. The molecule has 0 spiro atoms. The molecule has 0 aliphatic heterocycles. The number of alkyl halides is 3. The zero-order valence-electron chi connectivity index (χ0n) is 14.3. The summed E-state index contributed by atoms with van der Waals surface area (Å²) in [6, 6.07) is 12.2. The first-order valence-electron chi connectivity index (χ1n) is 8.13. The van der Waals surface area contributed by atoms with Crippen LogP contribution in [0.3, 0.4) is 0 Å². The van der Waals surface area contributed by atoms with Crippen LogP contribution in [0.15, 0.2) is 53.3 Å². The Morgan fingerprint density at radius 3 is 2.26 bits per heavy atom. The lowest BCUT2D eigenvalue weighted by molar-refractivity contribution is -0.274. The number of imidazole rings is 1. The number of benzene rings is 2. The van der Waals surface area contributed by atoms with Crippen molar-refractivity contribution in [1.82, 2.24) is 9.13 Å². The molecule has 0 unspecified atom stereocenters. The number of amides is 1. The third-order valence-corrected chi connectivity index (χ3v) is 3.93. The summed E-state index contributed by atoms with van der Waals surface area (Å²) >= 11 is 0. The van der Waals surface area contributed by atoms with Crippen molar-refractivity contribution in [2.45, 2.75) is 26.4 Å². The quantitative estimate of drug-likeness (QED) is 0.739. The number of nitrogens with zero attached hydrogens (tertiary/aromatic N) is 2. The van der Waals surface area contributed by atoms with Gasteiger partial charge in [0.15, 0.2) is 5.75 Å². The molecule has 0 aliphatic rings. The fourth-order valence-corrected chi connectivity index (χ4v) is 2.85. The second-order valence-electron chi connectivity index (χ2n) is 5.69. The molecule has 0 aliphatic carbocycles. The van der Waals surface area contributed by atoms with E-state index >= 15 is 0 Å². The average molecular weight is 379 g/mol. The molecule has 0 fully saturated rings. The lowest BCUT2D eigenvalue weighted by atomic mass is 10.3. The van der Waals surface area contributed by atoms with Gasteiger partial charge < -0.3 is 10.1 Å². The van der Waals surface area contributed by atoms with Crippen LogP contribution in [0.25, 0.3) is 11.0 Å². The monoisotopic (exact) mass is 379 g/mol. The number of para-hydroxylation sites is 4. The second kappa shape index (κ2) is 7.18. The number of aryl methyl sites for hydroxylation is 1. The van der Waals surface area contributed by atoms with Crippen LogP contribution in [0.5, 0.6) is 5.75 Å². The van der Waals surface area contributed by atoms with Crippen molar-refractivity contribution in [3.8, 4) is 5.75 Å². The molecule has 1 heterocycles. The van der Waals surface area contributed by atoms with Gasteiger partial charge in [-0.05, 0) is 31.2 Å². The summed E-state index contributed by atoms with van der Waals surface area (Å²) in [6.07, 6.45) is -4.88. The van der Waals surface area contributed by atoms with Gasteiger partial charge in [-0.25, -0.2) is 4.79 Å². The smallest absolute Gasteiger partial charge is 0.404 e. The van der Waals surface area contributed by atoms with Gasteiger partial charge in [0.1, 0.15) is 6.54 Å². The van der Waals surface area contributed by atoms with E-state index in [0.29, 0.717) is 17.6 Å². The summed E-state index contributed by atoms with van der Waals surface area (Å²) in [5, 5.41) is 2.37. The van der Waals surface area contributed by atoms with Crippen molar-refractivity contribution in [2.75, 3.05) is 5.32 Å². The molecule has 1 N–H and O–H groups in total. The maximum atomic E-state index is 12.5. The molecule has 1 aromatic heterocycles. The molecule has 0 atom stereocenters. The first-order valence-corrected chi connectivity index (χ1v) is 8.13. The minimum atomic E-state index is -4.88. The Morgan fingerprint density at radius 1 is 1.04 bits per heavy atom. The predicted octanol–water partition coefficient (Wildman–Crippen LogP) is 3.36. The van der Waals surface area contributed by atoms with Crippen molar-refractivity contribution < 1.29 is 22.7 Å². The van der Waals surface area contributed by atoms with Crippen LogP contribution in [-0.2, 0) is 17.9 Å². The second-order valence-corrected chi connectivity index (χ2v) is 5.69. The van der Waals surface area contributed by atoms with Gasteiger partial charge in [-0.2, -0.15) is 0 Å². The van der Waals surface area contributed by atoms with Crippen LogP contribution in [-0.4, -0.2) is 21.4 Å². The maximum Gasteiger partial charge on any atom is 0.573 e. The first kappa shape index (κ1) is 18.6. The number of rotatable bonds is 5. The standard InChI is InChI=1S/C18H16F3N3O3/c1-2-23-13-8-4-5-9-14(13)24(17(23)26)11-16(25)22-12-7-3-6-10-15(12)27-18(19,20)21/h3-10H,2,11H2,1H3,(H,22,25). The summed E-state index contributed by atoms with van der Waals surface area (Å²) in [5.74, 6) is -1.17. The van der Waals surface area contributed by atoms with E-state index in [2.05, 4.69) is 10.1 Å². The predicted molar refractivity (Wildman–Crippen MR) is 93.6 cm³/mol. The lowest BCUT2D eigenvalue weighted by Crippen LogP contribution is -2.29. The number of carbonyl (C=O) groups excluding carboxylic acids is 1. The molecule has 9 heteroatoms. The van der Waals surface area contributed by atoms with Crippen molar-refractivity contribution in [3.05, 3.63) is 59.0 Å². The summed E-state index contributed by atoms with van der Waals surface area (Å²) in [5.41, 5.74) is 0.749. The van der Waals surface area contributed by atoms with Crippen molar-refractivity contribution in [3.63, 3.8) is 0 Å². The summed E-state index contributed by atoms with van der Waals surface area (Å²) in [4.78, 5) is 24.9. The van der Waals surface area contributed by atoms with Crippen LogP contribution in [0, 0.1) is 0 Å². The SMILES string of the molecule is CCn1c(=O)n(CC(=O)Nc2ccccc2OC(F)(F)F)c2ccccc21. The van der Waals surface area contributed by atoms with Crippen LogP contribution < -0.4 is 15.7 Å². The van der Waals surface area contributed by atoms with E-state index in [0.717, 1.165) is 6.07 Å². The van der Waals surface area contributed by atoms with E-state index in [-0.39, 0.29) is 17.9 Å². The average Bonchev–Trinajstić information content (AvgIpc) is 2.87. The molecule has 0 saturated heterocycles. The first-order chi connectivity index (χ1) is 12.8. The third kappa shape index (κ3) is 3.97. The molecule has 1 amide bonds. The van der Waals surface area contributed by atoms with E-state index in [1.807, 2.05) is 6.92 Å². The number of fused-ring (bicyclic) bond motifs is 1. The molecular formula is C18H16F3N3O3. The van der Waals surface area contributed by atoms with E-state index < -0.39 is 18.0 Å². The van der Waals surface area contributed by atoms with Gasteiger partial charge in [-0.3, -0.25) is 13.9 Å². The molecule has 0 bridgehead atoms. The Hall–Kier alpha value is -3.23. The number of ether oxygens (including phenoxy) is 1. The number of anilines is 1. The lowest BCUT2D eigenvalue weighted by Gasteiger charge is -2.14. The Kier molecular flexibility index (Phi) is 4.93. The minimum Gasteiger partial charge on any atom is -0.404 e. The van der Waals surface area contributed by atoms with Gasteiger partial charge in [0.05, 0.1) is 16.7 Å². The number of hydrogen-bond donors (Lipinski definition) is 1. The highest BCUT2D eigenvalue weighted by Gasteiger charge is 2.32.